The number of nitrogens with zero attached hydrogens (tertiary/aromatic N) is 2. The van der Waals surface area contributed by atoms with Gasteiger partial charge in [-0.25, -0.2) is 13.9 Å². The number of halogens is 2. The molecule has 1 N–H and O–H groups in total. The second-order valence-electron chi connectivity index (χ2n) is 5.01. The van der Waals surface area contributed by atoms with E-state index in [-0.39, 0.29) is 5.88 Å². The Morgan fingerprint density at radius 1 is 1.24 bits per heavy atom. The van der Waals surface area contributed by atoms with E-state index in [2.05, 4.69) is 9.84 Å². The lowest BCUT2D eigenvalue weighted by Crippen LogP contribution is -2.04. The van der Waals surface area contributed by atoms with E-state index in [4.69, 9.17) is 21.4 Å². The summed E-state index contributed by atoms with van der Waals surface area (Å²) in [4.78, 5) is 10.8. The fourth-order valence-corrected chi connectivity index (χ4v) is 2.52. The first-order valence-corrected chi connectivity index (χ1v) is 7.46. The molecule has 0 unspecified atom stereocenters. The standard InChI is InChI=1S/C17H12ClFN2O4/c1-24-14-6-10(5-12(19)8-14)15-9-16(25-17(22)23)20-21(15)13-4-2-3-11(18)7-13/h2-9H,1H3,(H,22,23). The molecule has 3 aromatic rings. The van der Waals surface area contributed by atoms with Crippen LogP contribution >= 0.6 is 11.6 Å². The summed E-state index contributed by atoms with van der Waals surface area (Å²) >= 11 is 6.01. The molecule has 1 heterocycles. The SMILES string of the molecule is COc1cc(F)cc(-c2cc(OC(=O)O)nn2-c2cccc(Cl)c2)c1. The molecular formula is C17H12ClFN2O4. The van der Waals surface area contributed by atoms with Gasteiger partial charge in [-0.05, 0) is 30.3 Å². The molecular weight excluding hydrogens is 351 g/mol. The third-order valence-electron chi connectivity index (χ3n) is 3.33. The minimum absolute atomic E-state index is 0.147. The summed E-state index contributed by atoms with van der Waals surface area (Å²) in [5, 5.41) is 13.4. The van der Waals surface area contributed by atoms with Gasteiger partial charge in [-0.3, -0.25) is 0 Å². The van der Waals surface area contributed by atoms with Gasteiger partial charge in [0.1, 0.15) is 11.6 Å². The van der Waals surface area contributed by atoms with Crippen LogP contribution < -0.4 is 9.47 Å². The second-order valence-corrected chi connectivity index (χ2v) is 5.44. The van der Waals surface area contributed by atoms with E-state index in [9.17, 15) is 9.18 Å². The van der Waals surface area contributed by atoms with Crippen LogP contribution in [-0.2, 0) is 0 Å². The minimum Gasteiger partial charge on any atom is -0.497 e. The number of carboxylic acid groups (broad SMARTS) is 1. The molecule has 0 amide bonds. The Morgan fingerprint density at radius 2 is 2.04 bits per heavy atom. The van der Waals surface area contributed by atoms with Crippen LogP contribution in [0, 0.1) is 5.82 Å². The van der Waals surface area contributed by atoms with Crippen LogP contribution in [-0.4, -0.2) is 28.2 Å². The monoisotopic (exact) mass is 362 g/mol. The highest BCUT2D eigenvalue weighted by Crippen LogP contribution is 2.31. The van der Waals surface area contributed by atoms with Gasteiger partial charge in [0.15, 0.2) is 0 Å². The highest BCUT2D eigenvalue weighted by Gasteiger charge is 2.16. The normalized spacial score (nSPS) is 10.5. The molecule has 0 atom stereocenters. The smallest absolute Gasteiger partial charge is 0.497 e. The van der Waals surface area contributed by atoms with Crippen molar-refractivity contribution < 1.29 is 23.8 Å². The van der Waals surface area contributed by atoms with E-state index < -0.39 is 12.0 Å². The van der Waals surface area contributed by atoms with Crippen LogP contribution in [0.2, 0.25) is 5.02 Å². The Balaban J connectivity index is 2.19. The molecule has 0 aliphatic carbocycles. The van der Waals surface area contributed by atoms with Crippen LogP contribution in [0.5, 0.6) is 11.6 Å². The predicted molar refractivity (Wildman–Crippen MR) is 89.2 cm³/mol. The van der Waals surface area contributed by atoms with Crippen molar-refractivity contribution >= 4 is 17.8 Å². The van der Waals surface area contributed by atoms with E-state index >= 15 is 0 Å². The van der Waals surface area contributed by atoms with Crippen molar-refractivity contribution in [3.63, 3.8) is 0 Å². The van der Waals surface area contributed by atoms with Crippen molar-refractivity contribution in [2.45, 2.75) is 0 Å². The second kappa shape index (κ2) is 6.82. The predicted octanol–water partition coefficient (Wildman–Crippen LogP) is 4.40. The third-order valence-corrected chi connectivity index (χ3v) is 3.57. The van der Waals surface area contributed by atoms with Crippen LogP contribution in [0.3, 0.4) is 0 Å². The fraction of sp³-hybridized carbons (Fsp3) is 0.0588. The number of hydrogen-bond donors (Lipinski definition) is 1. The Bertz CT molecular complexity index is 942. The van der Waals surface area contributed by atoms with Gasteiger partial charge in [0.2, 0.25) is 5.88 Å². The molecule has 1 aromatic heterocycles. The van der Waals surface area contributed by atoms with E-state index in [0.29, 0.717) is 27.7 Å². The van der Waals surface area contributed by atoms with Crippen molar-refractivity contribution in [3.8, 4) is 28.6 Å². The van der Waals surface area contributed by atoms with Crippen LogP contribution in [0.4, 0.5) is 9.18 Å². The maximum absolute atomic E-state index is 13.9. The van der Waals surface area contributed by atoms with Crippen molar-refractivity contribution in [2.75, 3.05) is 7.11 Å². The lowest BCUT2D eigenvalue weighted by molar-refractivity contribution is 0.142. The first-order chi connectivity index (χ1) is 12.0. The third kappa shape index (κ3) is 3.72. The molecule has 8 heteroatoms. The molecule has 6 nitrogen and oxygen atoms in total. The molecule has 25 heavy (non-hydrogen) atoms. The fourth-order valence-electron chi connectivity index (χ4n) is 2.34. The average Bonchev–Trinajstić information content (AvgIpc) is 2.97. The molecule has 128 valence electrons. The van der Waals surface area contributed by atoms with E-state index in [1.54, 1.807) is 30.3 Å². The number of aromatic nitrogens is 2. The van der Waals surface area contributed by atoms with Gasteiger partial charge in [0.25, 0.3) is 0 Å². The first kappa shape index (κ1) is 16.8. The van der Waals surface area contributed by atoms with Crippen LogP contribution in [0.15, 0.2) is 48.5 Å². The number of hydrogen-bond acceptors (Lipinski definition) is 4. The van der Waals surface area contributed by atoms with Crippen LogP contribution in [0.25, 0.3) is 16.9 Å². The van der Waals surface area contributed by atoms with E-state index in [0.717, 1.165) is 0 Å². The summed E-state index contributed by atoms with van der Waals surface area (Å²) < 4.78 is 25.0. The highest BCUT2D eigenvalue weighted by molar-refractivity contribution is 6.30. The Hall–Kier alpha value is -3.06. The number of rotatable bonds is 4. The molecule has 0 radical (unpaired) electrons. The molecule has 2 aromatic carbocycles. The largest absolute Gasteiger partial charge is 0.512 e. The summed E-state index contributed by atoms with van der Waals surface area (Å²) in [6.07, 6.45) is -1.50. The Kier molecular flexibility index (Phi) is 4.58. The molecule has 0 aliphatic rings. The van der Waals surface area contributed by atoms with Crippen molar-refractivity contribution in [1.29, 1.82) is 0 Å². The topological polar surface area (TPSA) is 73.6 Å². The average molecular weight is 363 g/mol. The summed E-state index contributed by atoms with van der Waals surface area (Å²) in [6.45, 7) is 0. The molecule has 0 aliphatic heterocycles. The maximum atomic E-state index is 13.9. The molecule has 0 saturated heterocycles. The summed E-state index contributed by atoms with van der Waals surface area (Å²) in [5.41, 5.74) is 1.41. The van der Waals surface area contributed by atoms with Gasteiger partial charge in [0.05, 0.1) is 18.5 Å². The lowest BCUT2D eigenvalue weighted by Gasteiger charge is -2.09. The molecule has 0 spiro atoms. The number of methoxy groups -OCH3 is 1. The van der Waals surface area contributed by atoms with Gasteiger partial charge < -0.3 is 14.6 Å². The summed E-state index contributed by atoms with van der Waals surface area (Å²) in [7, 11) is 1.42. The van der Waals surface area contributed by atoms with Crippen molar-refractivity contribution in [2.24, 2.45) is 0 Å². The van der Waals surface area contributed by atoms with Gasteiger partial charge in [-0.15, -0.1) is 5.10 Å². The first-order valence-electron chi connectivity index (χ1n) is 7.08. The van der Waals surface area contributed by atoms with Crippen molar-refractivity contribution in [3.05, 3.63) is 59.4 Å². The summed E-state index contributed by atoms with van der Waals surface area (Å²) in [5.74, 6) is -0.339. The maximum Gasteiger partial charge on any atom is 0.512 e. The molecule has 0 fully saturated rings. The van der Waals surface area contributed by atoms with E-state index in [1.807, 2.05) is 0 Å². The zero-order valence-electron chi connectivity index (χ0n) is 12.9. The molecule has 0 bridgehead atoms. The van der Waals surface area contributed by atoms with Crippen molar-refractivity contribution in [1.82, 2.24) is 9.78 Å². The number of benzene rings is 2. The minimum atomic E-state index is -1.50. The molecule has 3 rings (SSSR count). The molecule has 0 saturated carbocycles. The van der Waals surface area contributed by atoms with E-state index in [1.165, 1.54) is 30.0 Å². The Morgan fingerprint density at radius 3 is 2.72 bits per heavy atom. The highest BCUT2D eigenvalue weighted by atomic mass is 35.5. The number of ether oxygens (including phenoxy) is 2. The zero-order valence-corrected chi connectivity index (χ0v) is 13.7. The van der Waals surface area contributed by atoms with Gasteiger partial charge >= 0.3 is 6.16 Å². The number of carbonyl (C=O) groups is 1. The summed E-state index contributed by atoms with van der Waals surface area (Å²) in [6, 6.07) is 12.3. The van der Waals surface area contributed by atoms with Gasteiger partial charge in [-0.2, -0.15) is 0 Å². The Labute approximate surface area is 147 Å². The quantitative estimate of drug-likeness (QED) is 0.696. The van der Waals surface area contributed by atoms with Crippen LogP contribution in [0.1, 0.15) is 0 Å². The van der Waals surface area contributed by atoms with Gasteiger partial charge in [0, 0.05) is 22.7 Å². The zero-order chi connectivity index (χ0) is 18.0. The lowest BCUT2D eigenvalue weighted by atomic mass is 10.1. The van der Waals surface area contributed by atoms with Gasteiger partial charge in [-0.1, -0.05) is 17.7 Å².